The molecule has 0 N–H and O–H groups in total. The minimum atomic E-state index is 0. The van der Waals surface area contributed by atoms with E-state index in [0.29, 0.717) is 0 Å². The molecule has 0 aromatic heterocycles. The largest absolute Gasteiger partial charge is 1.00 e. The summed E-state index contributed by atoms with van der Waals surface area (Å²) in [5.41, 5.74) is 3.46. The molecule has 0 aliphatic heterocycles. The number of ether oxygens (including phenoxy) is 1. The van der Waals surface area contributed by atoms with Crippen LogP contribution in [0.2, 0.25) is 0 Å². The van der Waals surface area contributed by atoms with Crippen molar-refractivity contribution in [2.75, 3.05) is 7.11 Å². The molecule has 0 unspecified atom stereocenters. The summed E-state index contributed by atoms with van der Waals surface area (Å²) >= 11 is 1.68. The van der Waals surface area contributed by atoms with Gasteiger partial charge in [0.1, 0.15) is 0 Å². The van der Waals surface area contributed by atoms with E-state index in [0.717, 1.165) is 35.5 Å². The van der Waals surface area contributed by atoms with Crippen LogP contribution in [0.3, 0.4) is 0 Å². The quantitative estimate of drug-likeness (QED) is 0.438. The zero-order valence-electron chi connectivity index (χ0n) is 11.2. The van der Waals surface area contributed by atoms with Gasteiger partial charge in [0.25, 0.3) is 0 Å². The molecule has 1 aliphatic carbocycles. The minimum absolute atomic E-state index is 0. The van der Waals surface area contributed by atoms with Gasteiger partial charge >= 0.3 is 120 Å². The van der Waals surface area contributed by atoms with Gasteiger partial charge in [0.15, 0.2) is 0 Å². The number of allylic oxidation sites excluding steroid dienone is 5. The molecule has 0 spiro atoms. The van der Waals surface area contributed by atoms with Crippen LogP contribution >= 0.6 is 0 Å². The van der Waals surface area contributed by atoms with E-state index in [2.05, 4.69) is 36.9 Å². The van der Waals surface area contributed by atoms with Crippen molar-refractivity contribution >= 4 is 5.57 Å². The Bertz CT molecular complexity index is 525. The Morgan fingerprint density at radius 3 is 2.55 bits per heavy atom. The van der Waals surface area contributed by atoms with Gasteiger partial charge in [-0.25, -0.2) is 0 Å². The average molecular weight is 346 g/mol. The molecule has 2 nitrogen and oxygen atoms in total. The number of methoxy groups -OCH3 is 1. The van der Waals surface area contributed by atoms with E-state index < -0.39 is 0 Å². The normalized spacial score (nSPS) is 12.1. The molecule has 0 atom stereocenters. The molecule has 0 heterocycles. The third-order valence-electron chi connectivity index (χ3n) is 2.98. The van der Waals surface area contributed by atoms with Gasteiger partial charge in [-0.3, -0.25) is 0 Å². The molecule has 0 bridgehead atoms. The SMILES string of the molecule is C=CCc1ccc(C2=CC=CC2)c(OC)c1[O][Ti+2].[Cl-].[Cl-]. The van der Waals surface area contributed by atoms with Gasteiger partial charge in [-0.15, -0.1) is 0 Å². The third kappa shape index (κ3) is 3.92. The van der Waals surface area contributed by atoms with Crippen LogP contribution in [-0.2, 0) is 27.2 Å². The topological polar surface area (TPSA) is 18.5 Å². The van der Waals surface area contributed by atoms with E-state index in [-0.39, 0.29) is 24.8 Å². The second-order valence-electron chi connectivity index (χ2n) is 4.05. The van der Waals surface area contributed by atoms with Crippen LogP contribution in [0.4, 0.5) is 0 Å². The Kier molecular flexibility index (Phi) is 8.99. The molecule has 0 saturated carbocycles. The molecular weight excluding hydrogens is 331 g/mol. The van der Waals surface area contributed by atoms with Crippen LogP contribution in [0.1, 0.15) is 17.5 Å². The smallest absolute Gasteiger partial charge is 1.00 e. The summed E-state index contributed by atoms with van der Waals surface area (Å²) in [6, 6.07) is 4.18. The van der Waals surface area contributed by atoms with Crippen LogP contribution in [-0.4, -0.2) is 7.11 Å². The molecule has 2 rings (SSSR count). The first kappa shape index (κ1) is 19.3. The summed E-state index contributed by atoms with van der Waals surface area (Å²) in [6.45, 7) is 3.77. The van der Waals surface area contributed by atoms with Crippen molar-refractivity contribution < 1.29 is 53.7 Å². The third-order valence-corrected chi connectivity index (χ3v) is 3.30. The van der Waals surface area contributed by atoms with Crippen molar-refractivity contribution in [2.24, 2.45) is 0 Å². The molecule has 5 heteroatoms. The van der Waals surface area contributed by atoms with E-state index in [1.54, 1.807) is 27.9 Å². The summed E-state index contributed by atoms with van der Waals surface area (Å²) in [7, 11) is 1.68. The molecule has 0 radical (unpaired) electrons. The maximum absolute atomic E-state index is 5.54. The number of hydrogen-bond donors (Lipinski definition) is 0. The Labute approximate surface area is 144 Å². The Hall–Kier alpha value is -0.666. The van der Waals surface area contributed by atoms with Crippen LogP contribution < -0.4 is 32.9 Å². The van der Waals surface area contributed by atoms with Crippen LogP contribution in [0.5, 0.6) is 11.5 Å². The maximum atomic E-state index is 5.54. The van der Waals surface area contributed by atoms with E-state index in [1.807, 2.05) is 6.08 Å². The second-order valence-corrected chi connectivity index (χ2v) is 4.37. The van der Waals surface area contributed by atoms with Crippen molar-refractivity contribution in [2.45, 2.75) is 12.8 Å². The predicted octanol–water partition coefficient (Wildman–Crippen LogP) is -2.38. The molecule has 1 aliphatic rings. The van der Waals surface area contributed by atoms with Crippen LogP contribution in [0, 0.1) is 0 Å². The molecular formula is C15H15Cl2O2Ti. The number of hydrogen-bond acceptors (Lipinski definition) is 2. The first-order valence-corrected chi connectivity index (χ1v) is 6.46. The molecule has 1 aromatic rings. The van der Waals surface area contributed by atoms with Gasteiger partial charge in [0.2, 0.25) is 0 Å². The molecule has 0 fully saturated rings. The van der Waals surface area contributed by atoms with Gasteiger partial charge in [-0.05, 0) is 0 Å². The summed E-state index contributed by atoms with van der Waals surface area (Å²) in [4.78, 5) is 0. The van der Waals surface area contributed by atoms with Crippen LogP contribution in [0.15, 0.2) is 43.0 Å². The number of benzene rings is 1. The number of halogens is 2. The molecule has 0 saturated heterocycles. The zero-order chi connectivity index (χ0) is 13.0. The standard InChI is InChI=1S/C15H16O2.2ClH.Ti/c1-3-6-12-9-10-13(11-7-4-5-8-11)15(17-2)14(12)16;;;/h3-5,7,9-10,16H,1,6,8H2,2H3;2*1H;/q;;;+3/p-3. The molecule has 20 heavy (non-hydrogen) atoms. The van der Waals surface area contributed by atoms with E-state index in [4.69, 9.17) is 8.06 Å². The van der Waals surface area contributed by atoms with E-state index in [9.17, 15) is 0 Å². The van der Waals surface area contributed by atoms with Gasteiger partial charge in [0.05, 0.1) is 0 Å². The average Bonchev–Trinajstić information content (AvgIpc) is 2.92. The van der Waals surface area contributed by atoms with Gasteiger partial charge in [-0.1, -0.05) is 0 Å². The minimum Gasteiger partial charge on any atom is -1.00 e. The molecule has 1 aromatic carbocycles. The van der Waals surface area contributed by atoms with Gasteiger partial charge < -0.3 is 24.8 Å². The second kappa shape index (κ2) is 9.30. The first-order chi connectivity index (χ1) is 8.81. The fourth-order valence-corrected chi connectivity index (χ4v) is 2.48. The molecule has 105 valence electrons. The Morgan fingerprint density at radius 2 is 2.05 bits per heavy atom. The summed E-state index contributed by atoms with van der Waals surface area (Å²) in [6.07, 6.45) is 9.91. The number of rotatable bonds is 5. The fourth-order valence-electron chi connectivity index (χ4n) is 2.13. The van der Waals surface area contributed by atoms with Crippen LogP contribution in [0.25, 0.3) is 5.57 Å². The van der Waals surface area contributed by atoms with Crippen molar-refractivity contribution in [1.82, 2.24) is 0 Å². The monoisotopic (exact) mass is 345 g/mol. The van der Waals surface area contributed by atoms with Crippen molar-refractivity contribution in [1.29, 1.82) is 0 Å². The van der Waals surface area contributed by atoms with Gasteiger partial charge in [0, 0.05) is 0 Å². The van der Waals surface area contributed by atoms with Crippen molar-refractivity contribution in [3.8, 4) is 11.5 Å². The molecule has 0 amide bonds. The Balaban J connectivity index is 0.00000180. The van der Waals surface area contributed by atoms with E-state index in [1.165, 1.54) is 5.57 Å². The predicted molar refractivity (Wildman–Crippen MR) is 69.3 cm³/mol. The zero-order valence-corrected chi connectivity index (χ0v) is 14.2. The van der Waals surface area contributed by atoms with Crippen molar-refractivity contribution in [3.63, 3.8) is 0 Å². The maximum Gasteiger partial charge on any atom is -1.00 e. The van der Waals surface area contributed by atoms with Crippen molar-refractivity contribution in [3.05, 3.63) is 54.1 Å². The fraction of sp³-hybridized carbons (Fsp3) is 0.200. The summed E-state index contributed by atoms with van der Waals surface area (Å²) in [5, 5.41) is 0. The van der Waals surface area contributed by atoms with Gasteiger partial charge in [-0.2, -0.15) is 0 Å². The summed E-state index contributed by atoms with van der Waals surface area (Å²) < 4.78 is 11.0. The Morgan fingerprint density at radius 1 is 1.30 bits per heavy atom. The first-order valence-electron chi connectivity index (χ1n) is 5.82. The summed E-state index contributed by atoms with van der Waals surface area (Å²) in [5.74, 6) is 1.62. The van der Waals surface area contributed by atoms with E-state index >= 15 is 0 Å².